The van der Waals surface area contributed by atoms with Gasteiger partial charge in [-0.25, -0.2) is 18.0 Å². The van der Waals surface area contributed by atoms with Gasteiger partial charge in [-0.2, -0.15) is 0 Å². The molecule has 0 saturated carbocycles. The van der Waals surface area contributed by atoms with E-state index in [-0.39, 0.29) is 12.2 Å². The second-order valence-electron chi connectivity index (χ2n) is 7.00. The van der Waals surface area contributed by atoms with E-state index in [2.05, 4.69) is 0 Å². The Kier molecular flexibility index (Phi) is 6.24. The van der Waals surface area contributed by atoms with Gasteiger partial charge in [0.05, 0.1) is 18.2 Å². The number of amides is 1. The number of hydrogen-bond acceptors (Lipinski definition) is 3. The van der Waals surface area contributed by atoms with E-state index in [0.717, 1.165) is 17.7 Å². The summed E-state index contributed by atoms with van der Waals surface area (Å²) in [5.41, 5.74) is 0.926. The standard InChI is InChI=1S/C21H22F3NO3/c1-13(26)18-8-5-9-19(15-10-16(22)20(24)17(23)11-15)25(18)21(27)28-12-14-6-3-2-4-7-14/h2-4,6-7,10-11,13,18-19,26H,5,8-9,12H2,1H3/t13-,18?,19?/m1/s1. The summed E-state index contributed by atoms with van der Waals surface area (Å²) in [7, 11) is 0. The Labute approximate surface area is 161 Å². The van der Waals surface area contributed by atoms with Crippen molar-refractivity contribution in [1.29, 1.82) is 0 Å². The molecule has 1 amide bonds. The molecule has 3 rings (SSSR count). The van der Waals surface area contributed by atoms with Crippen LogP contribution in [0.3, 0.4) is 0 Å². The van der Waals surface area contributed by atoms with E-state index in [4.69, 9.17) is 4.74 Å². The molecule has 1 saturated heterocycles. The lowest BCUT2D eigenvalue weighted by molar-refractivity contribution is -0.00459. The molecule has 2 aromatic carbocycles. The SMILES string of the molecule is C[C@@H](O)C1CCCC(c2cc(F)c(F)c(F)c2)N1C(=O)OCc1ccccc1. The summed E-state index contributed by atoms with van der Waals surface area (Å²) >= 11 is 0. The van der Waals surface area contributed by atoms with Crippen molar-refractivity contribution in [3.05, 3.63) is 71.0 Å². The van der Waals surface area contributed by atoms with Gasteiger partial charge < -0.3 is 9.84 Å². The Bertz CT molecular complexity index is 806. The second kappa shape index (κ2) is 8.65. The molecular weight excluding hydrogens is 371 g/mol. The molecule has 1 fully saturated rings. The first-order valence-corrected chi connectivity index (χ1v) is 9.20. The summed E-state index contributed by atoms with van der Waals surface area (Å²) in [5.74, 6) is -4.18. The van der Waals surface area contributed by atoms with Gasteiger partial charge >= 0.3 is 6.09 Å². The van der Waals surface area contributed by atoms with Crippen molar-refractivity contribution in [2.75, 3.05) is 0 Å². The zero-order valence-corrected chi connectivity index (χ0v) is 15.4. The molecule has 150 valence electrons. The van der Waals surface area contributed by atoms with Crippen LogP contribution in [-0.4, -0.2) is 28.2 Å². The lowest BCUT2D eigenvalue weighted by atomic mass is 9.89. The van der Waals surface area contributed by atoms with Crippen LogP contribution in [0.5, 0.6) is 0 Å². The van der Waals surface area contributed by atoms with E-state index in [1.807, 2.05) is 18.2 Å². The highest BCUT2D eigenvalue weighted by Crippen LogP contribution is 2.37. The summed E-state index contributed by atoms with van der Waals surface area (Å²) in [4.78, 5) is 14.2. The predicted molar refractivity (Wildman–Crippen MR) is 96.8 cm³/mol. The largest absolute Gasteiger partial charge is 0.445 e. The van der Waals surface area contributed by atoms with E-state index < -0.39 is 41.7 Å². The summed E-state index contributed by atoms with van der Waals surface area (Å²) < 4.78 is 46.2. The molecule has 3 atom stereocenters. The quantitative estimate of drug-likeness (QED) is 0.765. The molecule has 1 heterocycles. The molecular formula is C21H22F3NO3. The highest BCUT2D eigenvalue weighted by molar-refractivity contribution is 5.69. The van der Waals surface area contributed by atoms with Crippen LogP contribution in [0.1, 0.15) is 43.4 Å². The molecule has 2 unspecified atom stereocenters. The van der Waals surface area contributed by atoms with Gasteiger partial charge in [0.25, 0.3) is 0 Å². The molecule has 2 aromatic rings. The molecule has 28 heavy (non-hydrogen) atoms. The number of aliphatic hydroxyl groups excluding tert-OH is 1. The van der Waals surface area contributed by atoms with Gasteiger partial charge in [0.15, 0.2) is 17.5 Å². The van der Waals surface area contributed by atoms with Crippen LogP contribution in [0.25, 0.3) is 0 Å². The molecule has 4 nitrogen and oxygen atoms in total. The monoisotopic (exact) mass is 393 g/mol. The number of halogens is 3. The molecule has 0 aromatic heterocycles. The number of nitrogens with zero attached hydrogens (tertiary/aromatic N) is 1. The van der Waals surface area contributed by atoms with E-state index in [1.54, 1.807) is 19.1 Å². The zero-order valence-electron chi connectivity index (χ0n) is 15.4. The predicted octanol–water partition coefficient (Wildman–Crippen LogP) is 4.72. The van der Waals surface area contributed by atoms with Gasteiger partial charge in [-0.15, -0.1) is 0 Å². The van der Waals surface area contributed by atoms with Crippen molar-refractivity contribution in [2.45, 2.75) is 51.0 Å². The van der Waals surface area contributed by atoms with Gasteiger partial charge in [-0.05, 0) is 49.4 Å². The summed E-state index contributed by atoms with van der Waals surface area (Å²) in [6, 6.07) is 9.57. The van der Waals surface area contributed by atoms with Gasteiger partial charge in [0.1, 0.15) is 6.61 Å². The number of carbonyl (C=O) groups excluding carboxylic acids is 1. The molecule has 1 aliphatic rings. The first-order valence-electron chi connectivity index (χ1n) is 9.20. The molecule has 0 aliphatic carbocycles. The maximum absolute atomic E-state index is 13.7. The fraction of sp³-hybridized carbons (Fsp3) is 0.381. The smallest absolute Gasteiger partial charge is 0.410 e. The number of aliphatic hydroxyl groups is 1. The Balaban J connectivity index is 1.88. The Morgan fingerprint density at radius 3 is 2.43 bits per heavy atom. The summed E-state index contributed by atoms with van der Waals surface area (Å²) in [6.45, 7) is 1.58. The van der Waals surface area contributed by atoms with E-state index in [0.29, 0.717) is 19.3 Å². The number of hydrogen-bond donors (Lipinski definition) is 1. The third-order valence-corrected chi connectivity index (χ3v) is 5.03. The van der Waals surface area contributed by atoms with Crippen LogP contribution >= 0.6 is 0 Å². The minimum atomic E-state index is -1.55. The maximum atomic E-state index is 13.7. The first kappa shape index (κ1) is 20.2. The number of rotatable bonds is 4. The topological polar surface area (TPSA) is 49.8 Å². The fourth-order valence-electron chi connectivity index (χ4n) is 3.65. The highest BCUT2D eigenvalue weighted by atomic mass is 19.2. The van der Waals surface area contributed by atoms with Crippen molar-refractivity contribution in [3.8, 4) is 0 Å². The number of ether oxygens (including phenoxy) is 1. The van der Waals surface area contributed by atoms with E-state index in [1.165, 1.54) is 4.90 Å². The number of piperidine rings is 1. The fourth-order valence-corrected chi connectivity index (χ4v) is 3.65. The Morgan fingerprint density at radius 2 is 1.82 bits per heavy atom. The molecule has 1 N–H and O–H groups in total. The average Bonchev–Trinajstić information content (AvgIpc) is 2.70. The van der Waals surface area contributed by atoms with E-state index >= 15 is 0 Å². The van der Waals surface area contributed by atoms with Crippen LogP contribution in [0.2, 0.25) is 0 Å². The van der Waals surface area contributed by atoms with Crippen LogP contribution in [0.4, 0.5) is 18.0 Å². The maximum Gasteiger partial charge on any atom is 0.410 e. The van der Waals surface area contributed by atoms with Crippen LogP contribution in [-0.2, 0) is 11.3 Å². The third-order valence-electron chi connectivity index (χ3n) is 5.03. The number of carbonyl (C=O) groups is 1. The second-order valence-corrected chi connectivity index (χ2v) is 7.00. The number of benzene rings is 2. The third kappa shape index (κ3) is 4.30. The van der Waals surface area contributed by atoms with Gasteiger partial charge in [-0.3, -0.25) is 4.90 Å². The molecule has 0 bridgehead atoms. The van der Waals surface area contributed by atoms with Crippen molar-refractivity contribution in [3.63, 3.8) is 0 Å². The normalized spacial score (nSPS) is 20.7. The molecule has 0 radical (unpaired) electrons. The van der Waals surface area contributed by atoms with Crippen molar-refractivity contribution < 1.29 is 27.8 Å². The highest BCUT2D eigenvalue weighted by Gasteiger charge is 2.39. The van der Waals surface area contributed by atoms with E-state index in [9.17, 15) is 23.1 Å². The van der Waals surface area contributed by atoms with Gasteiger partial charge in [0.2, 0.25) is 0 Å². The number of likely N-dealkylation sites (tertiary alicyclic amines) is 1. The summed E-state index contributed by atoms with van der Waals surface area (Å²) in [5, 5.41) is 10.1. The van der Waals surface area contributed by atoms with Gasteiger partial charge in [-0.1, -0.05) is 30.3 Å². The molecule has 1 aliphatic heterocycles. The lowest BCUT2D eigenvalue weighted by Gasteiger charge is -2.42. The minimum absolute atomic E-state index is 0.0293. The van der Waals surface area contributed by atoms with Crippen LogP contribution in [0, 0.1) is 17.5 Å². The minimum Gasteiger partial charge on any atom is -0.445 e. The summed E-state index contributed by atoms with van der Waals surface area (Å²) in [6.07, 6.45) is 0.0462. The molecule has 7 heteroatoms. The van der Waals surface area contributed by atoms with Crippen molar-refractivity contribution in [2.24, 2.45) is 0 Å². The first-order chi connectivity index (χ1) is 13.4. The van der Waals surface area contributed by atoms with Crippen LogP contribution < -0.4 is 0 Å². The average molecular weight is 393 g/mol. The van der Waals surface area contributed by atoms with Crippen LogP contribution in [0.15, 0.2) is 42.5 Å². The Morgan fingerprint density at radius 1 is 1.18 bits per heavy atom. The van der Waals surface area contributed by atoms with Gasteiger partial charge in [0, 0.05) is 0 Å². The van der Waals surface area contributed by atoms with Crippen molar-refractivity contribution >= 4 is 6.09 Å². The molecule has 0 spiro atoms. The zero-order chi connectivity index (χ0) is 20.3. The van der Waals surface area contributed by atoms with Crippen molar-refractivity contribution in [1.82, 2.24) is 4.90 Å². The Hall–Kier alpha value is -2.54. The lowest BCUT2D eigenvalue weighted by Crippen LogP contribution is -2.50.